The largest absolute Gasteiger partial charge is 0.356 e. The molecule has 29 heavy (non-hydrogen) atoms. The van der Waals surface area contributed by atoms with Gasteiger partial charge in [0.25, 0.3) is 0 Å². The van der Waals surface area contributed by atoms with Gasteiger partial charge < -0.3 is 14.7 Å². The van der Waals surface area contributed by atoms with E-state index in [-0.39, 0.29) is 10.9 Å². The van der Waals surface area contributed by atoms with Crippen LogP contribution in [0.1, 0.15) is 25.8 Å². The lowest BCUT2D eigenvalue weighted by molar-refractivity contribution is -0.131. The van der Waals surface area contributed by atoms with Gasteiger partial charge in [-0.05, 0) is 50.1 Å². The van der Waals surface area contributed by atoms with Gasteiger partial charge >= 0.3 is 0 Å². The molecule has 0 atom stereocenters. The molecule has 0 bridgehead atoms. The molecule has 0 saturated carbocycles. The predicted octanol–water partition coefficient (Wildman–Crippen LogP) is 3.40. The van der Waals surface area contributed by atoms with Crippen molar-refractivity contribution in [1.82, 2.24) is 15.1 Å². The molecule has 6 nitrogen and oxygen atoms in total. The Morgan fingerprint density at radius 3 is 2.41 bits per heavy atom. The number of carbonyl (C=O) groups is 1. The third kappa shape index (κ3) is 5.35. The number of benzene rings is 1. The van der Waals surface area contributed by atoms with Crippen LogP contribution in [0.4, 0.5) is 16.0 Å². The van der Waals surface area contributed by atoms with Crippen LogP contribution in [0.5, 0.6) is 0 Å². The Morgan fingerprint density at radius 2 is 1.83 bits per heavy atom. The number of nitrogens with zero attached hydrogens (tertiary/aromatic N) is 5. The minimum atomic E-state index is -0.439. The number of piperazine rings is 1. The molecule has 0 unspecified atom stereocenters. The summed E-state index contributed by atoms with van der Waals surface area (Å²) >= 11 is 5.81. The summed E-state index contributed by atoms with van der Waals surface area (Å²) in [6.07, 6.45) is 0.942. The van der Waals surface area contributed by atoms with Gasteiger partial charge in [0.05, 0.1) is 5.02 Å². The lowest BCUT2D eigenvalue weighted by Crippen LogP contribution is -2.49. The van der Waals surface area contributed by atoms with Gasteiger partial charge in [-0.15, -0.1) is 10.2 Å². The van der Waals surface area contributed by atoms with Crippen LogP contribution >= 0.6 is 11.6 Å². The quantitative estimate of drug-likeness (QED) is 0.688. The van der Waals surface area contributed by atoms with Crippen molar-refractivity contribution in [2.24, 2.45) is 0 Å². The lowest BCUT2D eigenvalue weighted by Gasteiger charge is -2.35. The number of hydrogen-bond donors (Lipinski definition) is 0. The van der Waals surface area contributed by atoms with Crippen LogP contribution in [0.15, 0.2) is 30.3 Å². The molecule has 1 aliphatic rings. The fourth-order valence-electron chi connectivity index (χ4n) is 3.49. The van der Waals surface area contributed by atoms with E-state index in [9.17, 15) is 9.18 Å². The number of halogens is 2. The standard InChI is InChI=1S/C21H27ClFN5O/c1-3-26(4-2)19-8-9-20(25-24-19)27-11-13-28(14-12-27)21(29)10-6-16-5-7-18(23)17(22)15-16/h5,7-9,15H,3-4,6,10-14H2,1-2H3. The highest BCUT2D eigenvalue weighted by Crippen LogP contribution is 2.19. The third-order valence-electron chi connectivity index (χ3n) is 5.29. The van der Waals surface area contributed by atoms with Gasteiger partial charge in [0.2, 0.25) is 5.91 Å². The first-order valence-corrected chi connectivity index (χ1v) is 10.4. The molecule has 1 amide bonds. The number of aromatic nitrogens is 2. The van der Waals surface area contributed by atoms with E-state index < -0.39 is 5.82 Å². The Bertz CT molecular complexity index is 820. The van der Waals surface area contributed by atoms with Crippen molar-refractivity contribution < 1.29 is 9.18 Å². The van der Waals surface area contributed by atoms with Gasteiger partial charge in [-0.2, -0.15) is 0 Å². The Morgan fingerprint density at radius 1 is 1.10 bits per heavy atom. The fourth-order valence-corrected chi connectivity index (χ4v) is 3.70. The zero-order chi connectivity index (χ0) is 20.8. The van der Waals surface area contributed by atoms with E-state index in [2.05, 4.69) is 33.8 Å². The van der Waals surface area contributed by atoms with Gasteiger partial charge in [0.15, 0.2) is 11.6 Å². The average molecular weight is 420 g/mol. The minimum absolute atomic E-state index is 0.0942. The van der Waals surface area contributed by atoms with Crippen LogP contribution < -0.4 is 9.80 Å². The summed E-state index contributed by atoms with van der Waals surface area (Å²) in [4.78, 5) is 18.7. The van der Waals surface area contributed by atoms with E-state index in [4.69, 9.17) is 11.6 Å². The number of hydrogen-bond acceptors (Lipinski definition) is 5. The van der Waals surface area contributed by atoms with Gasteiger partial charge in [0.1, 0.15) is 5.82 Å². The first kappa shape index (κ1) is 21.3. The molecule has 2 heterocycles. The van der Waals surface area contributed by atoms with Gasteiger partial charge in [0, 0.05) is 45.7 Å². The van der Waals surface area contributed by atoms with Crippen LogP contribution in [0, 0.1) is 5.82 Å². The maximum absolute atomic E-state index is 13.2. The number of rotatable bonds is 7. The zero-order valence-electron chi connectivity index (χ0n) is 16.9. The molecule has 1 aromatic carbocycles. The number of amides is 1. The normalized spacial score (nSPS) is 14.2. The topological polar surface area (TPSA) is 52.6 Å². The van der Waals surface area contributed by atoms with Crippen molar-refractivity contribution in [2.45, 2.75) is 26.7 Å². The summed E-state index contributed by atoms with van der Waals surface area (Å²) in [6, 6.07) is 8.60. The SMILES string of the molecule is CCN(CC)c1ccc(N2CCN(C(=O)CCc3ccc(F)c(Cl)c3)CC2)nn1. The highest BCUT2D eigenvalue weighted by Gasteiger charge is 2.22. The summed E-state index contributed by atoms with van der Waals surface area (Å²) in [6.45, 7) is 8.76. The summed E-state index contributed by atoms with van der Waals surface area (Å²) in [5, 5.41) is 8.80. The van der Waals surface area contributed by atoms with Crippen molar-refractivity contribution in [1.29, 1.82) is 0 Å². The minimum Gasteiger partial charge on any atom is -0.356 e. The second-order valence-electron chi connectivity index (χ2n) is 7.04. The molecule has 1 aliphatic heterocycles. The maximum atomic E-state index is 13.2. The van der Waals surface area contributed by atoms with E-state index in [0.717, 1.165) is 43.4 Å². The lowest BCUT2D eigenvalue weighted by atomic mass is 10.1. The van der Waals surface area contributed by atoms with Crippen molar-refractivity contribution in [3.8, 4) is 0 Å². The second-order valence-corrected chi connectivity index (χ2v) is 7.45. The van der Waals surface area contributed by atoms with E-state index in [1.807, 2.05) is 17.0 Å². The number of carbonyl (C=O) groups excluding carboxylic acids is 1. The maximum Gasteiger partial charge on any atom is 0.223 e. The van der Waals surface area contributed by atoms with Crippen LogP contribution in [0.2, 0.25) is 5.02 Å². The van der Waals surface area contributed by atoms with Crippen LogP contribution in [0.25, 0.3) is 0 Å². The summed E-state index contributed by atoms with van der Waals surface area (Å²) in [7, 11) is 0. The molecule has 0 spiro atoms. The zero-order valence-corrected chi connectivity index (χ0v) is 17.7. The summed E-state index contributed by atoms with van der Waals surface area (Å²) in [5.74, 6) is 1.39. The highest BCUT2D eigenvalue weighted by molar-refractivity contribution is 6.30. The van der Waals surface area contributed by atoms with Gasteiger partial charge in [-0.25, -0.2) is 4.39 Å². The summed E-state index contributed by atoms with van der Waals surface area (Å²) < 4.78 is 13.2. The summed E-state index contributed by atoms with van der Waals surface area (Å²) in [5.41, 5.74) is 0.868. The third-order valence-corrected chi connectivity index (χ3v) is 5.58. The Hall–Kier alpha value is -2.41. The second kappa shape index (κ2) is 9.87. The molecule has 0 aliphatic carbocycles. The molecule has 0 N–H and O–H groups in total. The number of anilines is 2. The Balaban J connectivity index is 1.49. The van der Waals surface area contributed by atoms with Crippen molar-refractivity contribution in [3.63, 3.8) is 0 Å². The Kier molecular flexibility index (Phi) is 7.25. The highest BCUT2D eigenvalue weighted by atomic mass is 35.5. The molecule has 156 valence electrons. The first-order chi connectivity index (χ1) is 14.0. The van der Waals surface area contributed by atoms with Gasteiger partial charge in [-0.1, -0.05) is 17.7 Å². The first-order valence-electron chi connectivity index (χ1n) is 10.1. The van der Waals surface area contributed by atoms with Gasteiger partial charge in [-0.3, -0.25) is 4.79 Å². The molecule has 3 rings (SSSR count). The smallest absolute Gasteiger partial charge is 0.223 e. The fraction of sp³-hybridized carbons (Fsp3) is 0.476. The molecular weight excluding hydrogens is 393 g/mol. The molecule has 1 fully saturated rings. The van der Waals surface area contributed by atoms with Crippen molar-refractivity contribution in [2.75, 3.05) is 49.1 Å². The average Bonchev–Trinajstić information content (AvgIpc) is 2.76. The monoisotopic (exact) mass is 419 g/mol. The van der Waals surface area contributed by atoms with E-state index in [1.54, 1.807) is 12.1 Å². The van der Waals surface area contributed by atoms with Crippen LogP contribution in [-0.2, 0) is 11.2 Å². The number of aryl methyl sites for hydroxylation is 1. The molecular formula is C21H27ClFN5O. The Labute approximate surface area is 176 Å². The molecule has 1 aromatic heterocycles. The molecule has 8 heteroatoms. The van der Waals surface area contributed by atoms with Crippen LogP contribution in [-0.4, -0.2) is 60.3 Å². The van der Waals surface area contributed by atoms with Crippen molar-refractivity contribution >= 4 is 29.1 Å². The molecule has 1 saturated heterocycles. The van der Waals surface area contributed by atoms with E-state index >= 15 is 0 Å². The van der Waals surface area contributed by atoms with E-state index in [0.29, 0.717) is 25.9 Å². The van der Waals surface area contributed by atoms with Crippen molar-refractivity contribution in [3.05, 3.63) is 46.7 Å². The molecule has 0 radical (unpaired) electrons. The van der Waals surface area contributed by atoms with Crippen LogP contribution in [0.3, 0.4) is 0 Å². The van der Waals surface area contributed by atoms with E-state index in [1.165, 1.54) is 6.07 Å². The predicted molar refractivity (Wildman–Crippen MR) is 114 cm³/mol. The molecule has 2 aromatic rings.